The first-order valence-electron chi connectivity index (χ1n) is 8.11. The van der Waals surface area contributed by atoms with Crippen LogP contribution < -0.4 is 11.1 Å². The lowest BCUT2D eigenvalue weighted by atomic mass is 9.81. The van der Waals surface area contributed by atoms with E-state index >= 15 is 0 Å². The van der Waals surface area contributed by atoms with Crippen molar-refractivity contribution in [2.24, 2.45) is 0 Å². The van der Waals surface area contributed by atoms with Crippen LogP contribution in [0.3, 0.4) is 0 Å². The highest BCUT2D eigenvalue weighted by atomic mass is 35.5. The summed E-state index contributed by atoms with van der Waals surface area (Å²) in [5.41, 5.74) is 9.85. The Bertz CT molecular complexity index is 1090. The molecule has 0 bridgehead atoms. The number of benzene rings is 3. The Morgan fingerprint density at radius 2 is 1.54 bits per heavy atom. The molecule has 0 aliphatic heterocycles. The molecular formula is C21H15ClN2O2. The van der Waals surface area contributed by atoms with Gasteiger partial charge < -0.3 is 11.1 Å². The number of hydrogen-bond donors (Lipinski definition) is 2. The Hall–Kier alpha value is -3.11. The Kier molecular flexibility index (Phi) is 3.78. The number of halogens is 1. The van der Waals surface area contributed by atoms with Crippen molar-refractivity contribution >= 4 is 40.2 Å². The Morgan fingerprint density at radius 3 is 2.19 bits per heavy atom. The highest BCUT2D eigenvalue weighted by Crippen LogP contribution is 2.38. The monoisotopic (exact) mass is 362 g/mol. The van der Waals surface area contributed by atoms with Gasteiger partial charge in [0.05, 0.1) is 16.8 Å². The van der Waals surface area contributed by atoms with Gasteiger partial charge in [0.25, 0.3) is 0 Å². The summed E-state index contributed by atoms with van der Waals surface area (Å²) in [6.07, 6.45) is 0. The number of ketones is 2. The van der Waals surface area contributed by atoms with Crippen molar-refractivity contribution < 1.29 is 9.59 Å². The van der Waals surface area contributed by atoms with Gasteiger partial charge in [0.15, 0.2) is 11.6 Å². The molecule has 26 heavy (non-hydrogen) atoms. The second kappa shape index (κ2) is 6.00. The van der Waals surface area contributed by atoms with Crippen LogP contribution in [0.15, 0.2) is 54.6 Å². The van der Waals surface area contributed by atoms with Crippen molar-refractivity contribution in [3.8, 4) is 0 Å². The zero-order chi connectivity index (χ0) is 18.4. The Balaban J connectivity index is 1.94. The van der Waals surface area contributed by atoms with Crippen molar-refractivity contribution in [2.45, 2.75) is 6.92 Å². The molecular weight excluding hydrogens is 348 g/mol. The summed E-state index contributed by atoms with van der Waals surface area (Å²) in [4.78, 5) is 26.1. The summed E-state index contributed by atoms with van der Waals surface area (Å²) < 4.78 is 0. The summed E-state index contributed by atoms with van der Waals surface area (Å²) in [6.45, 7) is 1.82. The first-order valence-corrected chi connectivity index (χ1v) is 8.49. The number of aryl methyl sites for hydroxylation is 1. The summed E-state index contributed by atoms with van der Waals surface area (Å²) in [6, 6.07) is 15.8. The molecule has 4 rings (SSSR count). The van der Waals surface area contributed by atoms with E-state index in [0.717, 1.165) is 11.3 Å². The summed E-state index contributed by atoms with van der Waals surface area (Å²) in [7, 11) is 0. The topological polar surface area (TPSA) is 72.2 Å². The quantitative estimate of drug-likeness (QED) is 0.505. The van der Waals surface area contributed by atoms with Gasteiger partial charge >= 0.3 is 0 Å². The Morgan fingerprint density at radius 1 is 0.885 bits per heavy atom. The zero-order valence-corrected chi connectivity index (χ0v) is 14.7. The zero-order valence-electron chi connectivity index (χ0n) is 14.0. The molecule has 3 N–H and O–H groups in total. The van der Waals surface area contributed by atoms with Crippen LogP contribution in [0.4, 0.5) is 17.1 Å². The van der Waals surface area contributed by atoms with E-state index in [1.807, 2.05) is 19.1 Å². The molecule has 4 nitrogen and oxygen atoms in total. The average molecular weight is 363 g/mol. The van der Waals surface area contributed by atoms with Gasteiger partial charge in [0, 0.05) is 27.5 Å². The first kappa shape index (κ1) is 16.4. The summed E-state index contributed by atoms with van der Waals surface area (Å²) in [5, 5.41) is 3.78. The second-order valence-corrected chi connectivity index (χ2v) is 6.68. The third-order valence-electron chi connectivity index (χ3n) is 4.55. The smallest absolute Gasteiger partial charge is 0.196 e. The number of nitrogens with two attached hydrogens (primary N) is 1. The van der Waals surface area contributed by atoms with E-state index in [1.54, 1.807) is 42.5 Å². The fourth-order valence-corrected chi connectivity index (χ4v) is 3.46. The third kappa shape index (κ3) is 2.47. The molecule has 1 aliphatic rings. The fourth-order valence-electron chi connectivity index (χ4n) is 3.27. The molecule has 0 heterocycles. The lowest BCUT2D eigenvalue weighted by molar-refractivity contribution is 0.0980. The van der Waals surface area contributed by atoms with Crippen LogP contribution in [0.5, 0.6) is 0 Å². The predicted molar refractivity (Wildman–Crippen MR) is 104 cm³/mol. The van der Waals surface area contributed by atoms with Gasteiger partial charge in [-0.3, -0.25) is 9.59 Å². The molecule has 3 aromatic carbocycles. The molecule has 0 aromatic heterocycles. The molecule has 0 amide bonds. The van der Waals surface area contributed by atoms with Crippen LogP contribution in [0, 0.1) is 6.92 Å². The van der Waals surface area contributed by atoms with E-state index in [-0.39, 0.29) is 17.1 Å². The van der Waals surface area contributed by atoms with Crippen molar-refractivity contribution in [1.82, 2.24) is 0 Å². The summed E-state index contributed by atoms with van der Waals surface area (Å²) >= 11 is 6.05. The van der Waals surface area contributed by atoms with Crippen molar-refractivity contribution in [3.63, 3.8) is 0 Å². The number of carbonyl (C=O) groups is 2. The van der Waals surface area contributed by atoms with Crippen LogP contribution >= 0.6 is 11.6 Å². The number of nitrogens with one attached hydrogen (secondary N) is 1. The predicted octanol–water partition coefficient (Wildman–Crippen LogP) is 4.75. The van der Waals surface area contributed by atoms with E-state index in [2.05, 4.69) is 5.32 Å². The van der Waals surface area contributed by atoms with Gasteiger partial charge in [0.1, 0.15) is 0 Å². The number of fused-ring (bicyclic) bond motifs is 2. The van der Waals surface area contributed by atoms with E-state index in [1.165, 1.54) is 0 Å². The van der Waals surface area contributed by atoms with Gasteiger partial charge in [-0.25, -0.2) is 0 Å². The van der Waals surface area contributed by atoms with Gasteiger partial charge in [-0.1, -0.05) is 41.9 Å². The van der Waals surface area contributed by atoms with E-state index in [0.29, 0.717) is 33.1 Å². The largest absolute Gasteiger partial charge is 0.398 e. The van der Waals surface area contributed by atoms with Gasteiger partial charge in [-0.2, -0.15) is 0 Å². The van der Waals surface area contributed by atoms with Crippen LogP contribution in [0.25, 0.3) is 0 Å². The number of carbonyl (C=O) groups excluding carboxylic acids is 2. The Labute approximate surface area is 155 Å². The van der Waals surface area contributed by atoms with Gasteiger partial charge in [0.2, 0.25) is 0 Å². The SMILES string of the molecule is Cc1cc(Nc2cccc(Cl)c2)c2c(c1N)C(=O)c1ccccc1C2=O. The van der Waals surface area contributed by atoms with Crippen molar-refractivity contribution in [2.75, 3.05) is 11.1 Å². The summed E-state index contributed by atoms with van der Waals surface area (Å²) in [5.74, 6) is -0.447. The average Bonchev–Trinajstić information content (AvgIpc) is 2.62. The van der Waals surface area contributed by atoms with Crippen LogP contribution in [0.2, 0.25) is 5.02 Å². The van der Waals surface area contributed by atoms with Crippen LogP contribution in [0.1, 0.15) is 37.4 Å². The van der Waals surface area contributed by atoms with E-state index in [4.69, 9.17) is 17.3 Å². The van der Waals surface area contributed by atoms with E-state index < -0.39 is 0 Å². The standard InChI is InChI=1S/C21H15ClN2O2/c1-11-9-16(24-13-6-4-5-12(22)10-13)17-18(19(11)23)21(26)15-8-3-2-7-14(15)20(17)25/h2-10,24H,23H2,1H3. The highest BCUT2D eigenvalue weighted by molar-refractivity contribution is 6.32. The molecule has 1 aliphatic carbocycles. The van der Waals surface area contributed by atoms with E-state index in [9.17, 15) is 9.59 Å². The second-order valence-electron chi connectivity index (χ2n) is 6.24. The lowest BCUT2D eigenvalue weighted by Crippen LogP contribution is -2.24. The third-order valence-corrected chi connectivity index (χ3v) is 4.78. The minimum absolute atomic E-state index is 0.216. The molecule has 0 fully saturated rings. The maximum absolute atomic E-state index is 13.1. The minimum atomic E-state index is -0.231. The molecule has 0 atom stereocenters. The first-order chi connectivity index (χ1) is 12.5. The molecule has 0 spiro atoms. The highest BCUT2D eigenvalue weighted by Gasteiger charge is 2.34. The molecule has 5 heteroatoms. The molecule has 0 saturated heterocycles. The molecule has 128 valence electrons. The van der Waals surface area contributed by atoms with Gasteiger partial charge in [-0.15, -0.1) is 0 Å². The minimum Gasteiger partial charge on any atom is -0.398 e. The van der Waals surface area contributed by atoms with Gasteiger partial charge in [-0.05, 0) is 36.8 Å². The lowest BCUT2D eigenvalue weighted by Gasteiger charge is -2.23. The number of anilines is 3. The number of nitrogen functional groups attached to an aromatic ring is 1. The van der Waals surface area contributed by atoms with Crippen molar-refractivity contribution in [3.05, 3.63) is 87.4 Å². The maximum Gasteiger partial charge on any atom is 0.196 e. The maximum atomic E-state index is 13.1. The molecule has 0 radical (unpaired) electrons. The van der Waals surface area contributed by atoms with Crippen LogP contribution in [-0.2, 0) is 0 Å². The molecule has 0 unspecified atom stereocenters. The molecule has 0 saturated carbocycles. The van der Waals surface area contributed by atoms with Crippen molar-refractivity contribution in [1.29, 1.82) is 0 Å². The van der Waals surface area contributed by atoms with Crippen LogP contribution in [-0.4, -0.2) is 11.6 Å². The molecule has 3 aromatic rings. The number of hydrogen-bond acceptors (Lipinski definition) is 4. The fraction of sp³-hybridized carbons (Fsp3) is 0.0476. The number of rotatable bonds is 2. The normalized spacial score (nSPS) is 12.5.